The molecule has 4 N–H and O–H groups in total. The van der Waals surface area contributed by atoms with Crippen molar-refractivity contribution in [2.75, 3.05) is 10.7 Å². The van der Waals surface area contributed by atoms with Crippen LogP contribution < -0.4 is 16.6 Å². The van der Waals surface area contributed by atoms with E-state index >= 15 is 0 Å². The lowest BCUT2D eigenvalue weighted by Gasteiger charge is -2.10. The second-order valence-corrected chi connectivity index (χ2v) is 4.81. The van der Waals surface area contributed by atoms with Crippen molar-refractivity contribution in [1.29, 1.82) is 0 Å². The predicted molar refractivity (Wildman–Crippen MR) is 74.4 cm³/mol. The summed E-state index contributed by atoms with van der Waals surface area (Å²) in [5.74, 6) is 2.97. The summed E-state index contributed by atoms with van der Waals surface area (Å²) >= 11 is 9.08. The number of halogens is 4. The van der Waals surface area contributed by atoms with Crippen LogP contribution in [0.25, 0.3) is 0 Å². The van der Waals surface area contributed by atoms with Gasteiger partial charge in [-0.3, -0.25) is 0 Å². The average molecular weight is 350 g/mol. The van der Waals surface area contributed by atoms with Gasteiger partial charge in [0.05, 0.1) is 5.02 Å². The van der Waals surface area contributed by atoms with Gasteiger partial charge < -0.3 is 10.7 Å². The number of nitrogens with two attached hydrogens (primary N) is 1. The van der Waals surface area contributed by atoms with Gasteiger partial charge in [0.1, 0.15) is 0 Å². The van der Waals surface area contributed by atoms with Crippen molar-refractivity contribution in [3.05, 3.63) is 45.4 Å². The number of nitrogens with zero attached hydrogens (tertiary/aromatic N) is 1. The van der Waals surface area contributed by atoms with Gasteiger partial charge in [0.15, 0.2) is 23.3 Å². The Morgan fingerprint density at radius 3 is 2.47 bits per heavy atom. The van der Waals surface area contributed by atoms with E-state index in [9.17, 15) is 8.78 Å². The second-order valence-electron chi connectivity index (χ2n) is 3.55. The van der Waals surface area contributed by atoms with Crippen LogP contribution in [0.15, 0.2) is 28.7 Å². The molecule has 19 heavy (non-hydrogen) atoms. The maximum Gasteiger partial charge on any atom is 0.178 e. The number of nitrogen functional groups attached to an aromatic ring is 1. The van der Waals surface area contributed by atoms with E-state index in [0.717, 1.165) is 0 Å². The highest BCUT2D eigenvalue weighted by Crippen LogP contribution is 2.28. The monoisotopic (exact) mass is 348 g/mol. The normalized spacial score (nSPS) is 10.4. The standard InChI is InChI=1S/C11H8BrClF2N4/c12-6-3-5(1-2-7(6)13)17-10-8(14)4-9(15)11(18-10)19-16/h1-4H,16H2,(H2,17,18,19). The molecule has 4 nitrogen and oxygen atoms in total. The highest BCUT2D eigenvalue weighted by molar-refractivity contribution is 9.10. The molecule has 0 saturated heterocycles. The molecule has 0 radical (unpaired) electrons. The molecule has 1 heterocycles. The van der Waals surface area contributed by atoms with E-state index < -0.39 is 11.6 Å². The molecule has 0 atom stereocenters. The molecular formula is C11H8BrClF2N4. The van der Waals surface area contributed by atoms with E-state index in [4.69, 9.17) is 17.4 Å². The van der Waals surface area contributed by atoms with Gasteiger partial charge in [-0.2, -0.15) is 0 Å². The van der Waals surface area contributed by atoms with Gasteiger partial charge in [-0.15, -0.1) is 0 Å². The molecule has 0 aliphatic carbocycles. The Kier molecular flexibility index (Phi) is 4.18. The molecule has 0 aliphatic rings. The lowest BCUT2D eigenvalue weighted by atomic mass is 10.3. The van der Waals surface area contributed by atoms with E-state index in [1.54, 1.807) is 18.2 Å². The number of nitrogens with one attached hydrogen (secondary N) is 2. The summed E-state index contributed by atoms with van der Waals surface area (Å²) in [6.45, 7) is 0. The minimum atomic E-state index is -0.872. The maximum atomic E-state index is 13.6. The molecule has 2 aromatic rings. The zero-order chi connectivity index (χ0) is 14.0. The second kappa shape index (κ2) is 5.68. The Labute approximate surface area is 121 Å². The SMILES string of the molecule is NNc1nc(Nc2ccc(Cl)c(Br)c2)c(F)cc1F. The van der Waals surface area contributed by atoms with Crippen LogP contribution in [0.3, 0.4) is 0 Å². The molecule has 0 fully saturated rings. The van der Waals surface area contributed by atoms with Gasteiger partial charge in [-0.25, -0.2) is 19.6 Å². The third-order valence-corrected chi connectivity index (χ3v) is 3.46. The van der Waals surface area contributed by atoms with Gasteiger partial charge in [0, 0.05) is 16.2 Å². The molecule has 0 aliphatic heterocycles. The van der Waals surface area contributed by atoms with Crippen LogP contribution in [0, 0.1) is 11.6 Å². The summed E-state index contributed by atoms with van der Waals surface area (Å²) in [4.78, 5) is 3.69. The van der Waals surface area contributed by atoms with Crippen molar-refractivity contribution >= 4 is 44.9 Å². The van der Waals surface area contributed by atoms with E-state index in [0.29, 0.717) is 21.2 Å². The van der Waals surface area contributed by atoms with Crippen LogP contribution in [0.1, 0.15) is 0 Å². The number of hydrazine groups is 1. The fourth-order valence-corrected chi connectivity index (χ4v) is 1.86. The first kappa shape index (κ1) is 14.0. The molecule has 1 aromatic carbocycles. The minimum Gasteiger partial charge on any atom is -0.338 e. The summed E-state index contributed by atoms with van der Waals surface area (Å²) in [6.07, 6.45) is 0. The van der Waals surface area contributed by atoms with Crippen LogP contribution in [0.2, 0.25) is 5.02 Å². The highest BCUT2D eigenvalue weighted by atomic mass is 79.9. The van der Waals surface area contributed by atoms with E-state index in [1.807, 2.05) is 5.43 Å². The number of hydrogen-bond acceptors (Lipinski definition) is 4. The lowest BCUT2D eigenvalue weighted by Crippen LogP contribution is -2.12. The Morgan fingerprint density at radius 1 is 1.16 bits per heavy atom. The van der Waals surface area contributed by atoms with Crippen LogP contribution in [0.4, 0.5) is 26.1 Å². The zero-order valence-electron chi connectivity index (χ0n) is 9.35. The zero-order valence-corrected chi connectivity index (χ0v) is 11.7. The van der Waals surface area contributed by atoms with Gasteiger partial charge in [0.2, 0.25) is 0 Å². The van der Waals surface area contributed by atoms with Crippen molar-refractivity contribution in [3.63, 3.8) is 0 Å². The minimum absolute atomic E-state index is 0.149. The quantitative estimate of drug-likeness (QED) is 0.582. The first-order valence-corrected chi connectivity index (χ1v) is 6.23. The van der Waals surface area contributed by atoms with Gasteiger partial charge in [-0.05, 0) is 34.1 Å². The summed E-state index contributed by atoms with van der Waals surface area (Å²) < 4.78 is 27.4. The summed E-state index contributed by atoms with van der Waals surface area (Å²) in [5, 5.41) is 3.22. The number of hydrogen-bond donors (Lipinski definition) is 3. The van der Waals surface area contributed by atoms with E-state index in [-0.39, 0.29) is 11.6 Å². The number of rotatable bonds is 3. The summed E-state index contributed by atoms with van der Waals surface area (Å²) in [6, 6.07) is 5.59. The molecule has 100 valence electrons. The molecule has 0 unspecified atom stereocenters. The van der Waals surface area contributed by atoms with Crippen LogP contribution >= 0.6 is 27.5 Å². The van der Waals surface area contributed by atoms with Gasteiger partial charge >= 0.3 is 0 Å². The molecule has 2 rings (SSSR count). The van der Waals surface area contributed by atoms with Crippen molar-refractivity contribution in [3.8, 4) is 0 Å². The molecule has 0 saturated carbocycles. The Morgan fingerprint density at radius 2 is 1.84 bits per heavy atom. The first-order valence-electron chi connectivity index (χ1n) is 5.06. The first-order chi connectivity index (χ1) is 9.01. The van der Waals surface area contributed by atoms with Crippen molar-refractivity contribution in [1.82, 2.24) is 4.98 Å². The van der Waals surface area contributed by atoms with Gasteiger partial charge in [-0.1, -0.05) is 11.6 Å². The van der Waals surface area contributed by atoms with E-state index in [2.05, 4.69) is 26.2 Å². The van der Waals surface area contributed by atoms with Gasteiger partial charge in [0.25, 0.3) is 0 Å². The molecule has 8 heteroatoms. The Bertz CT molecular complexity index is 624. The number of benzene rings is 1. The molecule has 0 bridgehead atoms. The van der Waals surface area contributed by atoms with Crippen LogP contribution in [-0.4, -0.2) is 4.98 Å². The lowest BCUT2D eigenvalue weighted by molar-refractivity contribution is 0.579. The number of anilines is 3. The smallest absolute Gasteiger partial charge is 0.178 e. The molecule has 0 amide bonds. The third kappa shape index (κ3) is 3.12. The third-order valence-electron chi connectivity index (χ3n) is 2.25. The summed E-state index contributed by atoms with van der Waals surface area (Å²) in [7, 11) is 0. The van der Waals surface area contributed by atoms with Crippen molar-refractivity contribution in [2.45, 2.75) is 0 Å². The Hall–Kier alpha value is -1.44. The number of aromatic nitrogens is 1. The Balaban J connectivity index is 2.34. The van der Waals surface area contributed by atoms with Crippen LogP contribution in [0.5, 0.6) is 0 Å². The largest absolute Gasteiger partial charge is 0.338 e. The molecule has 1 aromatic heterocycles. The highest BCUT2D eigenvalue weighted by Gasteiger charge is 2.11. The fourth-order valence-electron chi connectivity index (χ4n) is 1.37. The average Bonchev–Trinajstić information content (AvgIpc) is 2.37. The molecular weight excluding hydrogens is 342 g/mol. The van der Waals surface area contributed by atoms with Crippen LogP contribution in [-0.2, 0) is 0 Å². The van der Waals surface area contributed by atoms with Crippen molar-refractivity contribution < 1.29 is 8.78 Å². The topological polar surface area (TPSA) is 63.0 Å². The van der Waals surface area contributed by atoms with Crippen molar-refractivity contribution in [2.24, 2.45) is 5.84 Å². The fraction of sp³-hybridized carbons (Fsp3) is 0. The maximum absolute atomic E-state index is 13.6. The van der Waals surface area contributed by atoms with E-state index in [1.165, 1.54) is 0 Å². The number of pyridine rings is 1. The predicted octanol–water partition coefficient (Wildman–Crippen LogP) is 3.80. The summed E-state index contributed by atoms with van der Waals surface area (Å²) in [5.41, 5.74) is 2.59. The molecule has 0 spiro atoms.